The second-order valence-electron chi connectivity index (χ2n) is 2.89. The number of nitrogen functional groups attached to an aromatic ring is 1. The first-order valence-corrected chi connectivity index (χ1v) is 3.94. The summed E-state index contributed by atoms with van der Waals surface area (Å²) < 4.78 is 61.5. The van der Waals surface area contributed by atoms with Gasteiger partial charge in [-0.3, -0.25) is 0 Å². The number of hydrogen-bond donors (Lipinski definition) is 1. The molecular weight excluding hydrogens is 253 g/mol. The van der Waals surface area contributed by atoms with E-state index in [2.05, 4.69) is 4.98 Å². The number of nitro groups is 1. The van der Waals surface area contributed by atoms with E-state index in [1.807, 2.05) is 0 Å². The summed E-state index contributed by atoms with van der Waals surface area (Å²) in [6, 6.07) is -0.0644. The molecule has 1 aromatic rings. The normalized spacial score (nSPS) is 11.9. The van der Waals surface area contributed by atoms with Crippen LogP contribution in [0.4, 0.5) is 33.6 Å². The maximum atomic E-state index is 12.3. The van der Waals surface area contributed by atoms with Gasteiger partial charge in [0.1, 0.15) is 11.1 Å². The van der Waals surface area contributed by atoms with Gasteiger partial charge in [-0.1, -0.05) is 0 Å². The summed E-state index contributed by atoms with van der Waals surface area (Å²) in [5.74, 6) is -2.60. The SMILES string of the molecule is Nc1nc([N+](=O)[O-])c(C(F)F)cc1C(F)(F)F. The largest absolute Gasteiger partial charge is 0.422 e. The highest BCUT2D eigenvalue weighted by molar-refractivity contribution is 5.50. The fourth-order valence-electron chi connectivity index (χ4n) is 1.07. The summed E-state index contributed by atoms with van der Waals surface area (Å²) in [7, 11) is 0. The van der Waals surface area contributed by atoms with Crippen molar-refractivity contribution >= 4 is 11.6 Å². The lowest BCUT2D eigenvalue weighted by molar-refractivity contribution is -0.390. The molecule has 0 amide bonds. The van der Waals surface area contributed by atoms with E-state index in [1.54, 1.807) is 0 Å². The van der Waals surface area contributed by atoms with Crippen LogP contribution in [0.1, 0.15) is 17.6 Å². The van der Waals surface area contributed by atoms with Crippen LogP contribution in [-0.2, 0) is 6.18 Å². The first kappa shape index (κ1) is 13.1. The van der Waals surface area contributed by atoms with Crippen LogP contribution in [0.3, 0.4) is 0 Å². The topological polar surface area (TPSA) is 82.0 Å². The Morgan fingerprint density at radius 3 is 2.29 bits per heavy atom. The number of aromatic nitrogens is 1. The Hall–Kier alpha value is -2.00. The lowest BCUT2D eigenvalue weighted by atomic mass is 10.1. The number of nitrogens with zero attached hydrogens (tertiary/aromatic N) is 2. The zero-order chi connectivity index (χ0) is 13.4. The molecule has 0 aromatic carbocycles. The molecule has 0 aliphatic carbocycles. The van der Waals surface area contributed by atoms with Gasteiger partial charge in [-0.05, 0) is 16.0 Å². The molecule has 17 heavy (non-hydrogen) atoms. The average Bonchev–Trinajstić information content (AvgIpc) is 2.14. The first-order valence-electron chi connectivity index (χ1n) is 3.94. The van der Waals surface area contributed by atoms with E-state index in [4.69, 9.17) is 5.73 Å². The third-order valence-corrected chi connectivity index (χ3v) is 1.77. The van der Waals surface area contributed by atoms with Gasteiger partial charge in [0, 0.05) is 0 Å². The fourth-order valence-corrected chi connectivity index (χ4v) is 1.07. The Labute approximate surface area is 90.2 Å². The molecule has 94 valence electrons. The van der Waals surface area contributed by atoms with Gasteiger partial charge in [0.05, 0.1) is 0 Å². The van der Waals surface area contributed by atoms with Gasteiger partial charge in [-0.15, -0.1) is 0 Å². The number of hydrogen-bond acceptors (Lipinski definition) is 4. The minimum atomic E-state index is -5.00. The van der Waals surface area contributed by atoms with Crippen molar-refractivity contribution in [2.24, 2.45) is 0 Å². The summed E-state index contributed by atoms with van der Waals surface area (Å²) in [6.07, 6.45) is -8.46. The highest BCUT2D eigenvalue weighted by Crippen LogP contribution is 2.38. The van der Waals surface area contributed by atoms with Crippen molar-refractivity contribution in [3.05, 3.63) is 27.3 Å². The van der Waals surface area contributed by atoms with Crippen LogP contribution in [-0.4, -0.2) is 9.91 Å². The van der Waals surface area contributed by atoms with Crippen LogP contribution in [0.15, 0.2) is 6.07 Å². The van der Waals surface area contributed by atoms with Crippen LogP contribution in [0.2, 0.25) is 0 Å². The molecule has 1 heterocycles. The van der Waals surface area contributed by atoms with Gasteiger partial charge in [0.15, 0.2) is 0 Å². The molecule has 2 N–H and O–H groups in total. The summed E-state index contributed by atoms with van der Waals surface area (Å²) >= 11 is 0. The van der Waals surface area contributed by atoms with E-state index < -0.39 is 40.3 Å². The molecule has 0 radical (unpaired) electrons. The molecule has 0 spiro atoms. The number of alkyl halides is 5. The first-order chi connectivity index (χ1) is 7.64. The van der Waals surface area contributed by atoms with Gasteiger partial charge in [-0.25, -0.2) is 8.78 Å². The number of halogens is 5. The molecule has 0 unspecified atom stereocenters. The van der Waals surface area contributed by atoms with Crippen molar-refractivity contribution < 1.29 is 26.9 Å². The minimum Gasteiger partial charge on any atom is -0.362 e. The molecule has 0 atom stereocenters. The minimum absolute atomic E-state index is 0.0644. The van der Waals surface area contributed by atoms with Crippen molar-refractivity contribution in [1.29, 1.82) is 0 Å². The van der Waals surface area contributed by atoms with E-state index in [0.717, 1.165) is 0 Å². The summed E-state index contributed by atoms with van der Waals surface area (Å²) in [5.41, 5.74) is 1.79. The molecule has 0 aliphatic heterocycles. The highest BCUT2D eigenvalue weighted by atomic mass is 19.4. The van der Waals surface area contributed by atoms with Gasteiger partial charge in [-0.2, -0.15) is 13.2 Å². The molecule has 0 saturated carbocycles. The Kier molecular flexibility index (Phi) is 3.16. The van der Waals surface area contributed by atoms with E-state index in [9.17, 15) is 32.1 Å². The second kappa shape index (κ2) is 4.11. The summed E-state index contributed by atoms with van der Waals surface area (Å²) in [4.78, 5) is 11.7. The lowest BCUT2D eigenvalue weighted by Gasteiger charge is -2.09. The van der Waals surface area contributed by atoms with Crippen LogP contribution < -0.4 is 5.73 Å². The van der Waals surface area contributed by atoms with Gasteiger partial charge in [0.2, 0.25) is 0 Å². The summed E-state index contributed by atoms with van der Waals surface area (Å²) in [6.45, 7) is 0. The summed E-state index contributed by atoms with van der Waals surface area (Å²) in [5, 5.41) is 10.3. The third-order valence-electron chi connectivity index (χ3n) is 1.77. The zero-order valence-corrected chi connectivity index (χ0v) is 7.83. The van der Waals surface area contributed by atoms with Crippen molar-refractivity contribution in [3.8, 4) is 0 Å². The Balaban J connectivity index is 3.51. The second-order valence-corrected chi connectivity index (χ2v) is 2.89. The molecule has 0 fully saturated rings. The van der Waals surface area contributed by atoms with Crippen LogP contribution >= 0.6 is 0 Å². The standard InChI is InChI=1S/C7H4F5N3O2/c8-4(9)2-1-3(7(10,11)12)5(13)14-6(2)15(16)17/h1,4H,(H2,13,14). The van der Waals surface area contributed by atoms with Crippen molar-refractivity contribution in [3.63, 3.8) is 0 Å². The van der Waals surface area contributed by atoms with Crippen molar-refractivity contribution in [1.82, 2.24) is 4.98 Å². The van der Waals surface area contributed by atoms with E-state index in [-0.39, 0.29) is 6.07 Å². The van der Waals surface area contributed by atoms with Gasteiger partial charge in [0.25, 0.3) is 12.2 Å². The van der Waals surface area contributed by atoms with Gasteiger partial charge < -0.3 is 15.8 Å². The monoisotopic (exact) mass is 257 g/mol. The molecule has 0 bridgehead atoms. The number of anilines is 1. The predicted molar refractivity (Wildman–Crippen MR) is 45.3 cm³/mol. The van der Waals surface area contributed by atoms with E-state index >= 15 is 0 Å². The zero-order valence-electron chi connectivity index (χ0n) is 7.83. The molecule has 0 aliphatic rings. The number of rotatable bonds is 2. The van der Waals surface area contributed by atoms with E-state index in [0.29, 0.717) is 0 Å². The molecule has 10 heteroatoms. The maximum absolute atomic E-state index is 12.3. The maximum Gasteiger partial charge on any atom is 0.422 e. The van der Waals surface area contributed by atoms with Crippen molar-refractivity contribution in [2.75, 3.05) is 5.73 Å². The average molecular weight is 257 g/mol. The van der Waals surface area contributed by atoms with Crippen molar-refractivity contribution in [2.45, 2.75) is 12.6 Å². The predicted octanol–water partition coefficient (Wildman–Crippen LogP) is 2.53. The molecule has 0 saturated heterocycles. The fraction of sp³-hybridized carbons (Fsp3) is 0.286. The van der Waals surface area contributed by atoms with E-state index in [1.165, 1.54) is 0 Å². The Morgan fingerprint density at radius 1 is 1.41 bits per heavy atom. The number of pyridine rings is 1. The molecule has 1 aromatic heterocycles. The Morgan fingerprint density at radius 2 is 1.94 bits per heavy atom. The van der Waals surface area contributed by atoms with Crippen LogP contribution in [0, 0.1) is 10.1 Å². The Bertz CT molecular complexity index is 460. The third kappa shape index (κ3) is 2.57. The molecular formula is C7H4F5N3O2. The van der Waals surface area contributed by atoms with Crippen LogP contribution in [0.25, 0.3) is 0 Å². The quantitative estimate of drug-likeness (QED) is 0.501. The lowest BCUT2D eigenvalue weighted by Crippen LogP contribution is -2.13. The van der Waals surface area contributed by atoms with Crippen LogP contribution in [0.5, 0.6) is 0 Å². The molecule has 5 nitrogen and oxygen atoms in total. The van der Waals surface area contributed by atoms with Gasteiger partial charge >= 0.3 is 12.0 Å². The highest BCUT2D eigenvalue weighted by Gasteiger charge is 2.39. The number of nitrogens with two attached hydrogens (primary N) is 1. The molecule has 1 rings (SSSR count). The smallest absolute Gasteiger partial charge is 0.362 e.